The number of hydrogen-bond acceptors (Lipinski definition) is 8. The molecule has 306 valence electrons. The number of ether oxygens (including phenoxy) is 4. The molecule has 3 aliphatic rings. The molecule has 2 saturated heterocycles. The molecule has 2 aliphatic heterocycles. The fourth-order valence-corrected chi connectivity index (χ4v) is 8.50. The predicted molar refractivity (Wildman–Crippen MR) is 219 cm³/mol. The quantitative estimate of drug-likeness (QED) is 0.213. The van der Waals surface area contributed by atoms with E-state index in [9.17, 15) is 9.59 Å². The monoisotopic (exact) mass is 762 g/mol. The molecule has 55 heavy (non-hydrogen) atoms. The zero-order chi connectivity index (χ0) is 40.1. The van der Waals surface area contributed by atoms with Gasteiger partial charge in [0.2, 0.25) is 12.2 Å². The van der Waals surface area contributed by atoms with Crippen LogP contribution in [0.1, 0.15) is 154 Å². The predicted octanol–water partition coefficient (Wildman–Crippen LogP) is 9.81. The van der Waals surface area contributed by atoms with Crippen LogP contribution in [0, 0.1) is 35.0 Å². The summed E-state index contributed by atoms with van der Waals surface area (Å²) < 4.78 is 25.0. The molecule has 3 heterocycles. The first-order valence-electron chi connectivity index (χ1n) is 21.1. The highest BCUT2D eigenvalue weighted by molar-refractivity contribution is 5.76. The molecule has 1 saturated carbocycles. The summed E-state index contributed by atoms with van der Waals surface area (Å²) >= 11 is 0. The van der Waals surface area contributed by atoms with Crippen molar-refractivity contribution in [2.24, 2.45) is 28.1 Å². The third-order valence-electron chi connectivity index (χ3n) is 12.3. The van der Waals surface area contributed by atoms with Crippen LogP contribution in [0.3, 0.4) is 0 Å². The summed E-state index contributed by atoms with van der Waals surface area (Å²) in [6.45, 7) is 25.1. The maximum atomic E-state index is 13.1. The topological polar surface area (TPSA) is 103 Å². The SMILES string of the molecule is Cc1cc(/C=C/CCN2CCCC3(CCCCC3)C2)ccc1Cc1c(O[C@@H]2O[C@H](COC(=O)C(C)(C)C)[C@@H](OC(=O)C(C)(C)C)[C@H](C)[C@H]2C)n[nH]c1C(C)C. The summed E-state index contributed by atoms with van der Waals surface area (Å²) in [5, 5.41) is 7.92. The van der Waals surface area contributed by atoms with Crippen molar-refractivity contribution in [1.29, 1.82) is 0 Å². The molecule has 9 heteroatoms. The Bertz CT molecular complexity index is 1620. The van der Waals surface area contributed by atoms with Gasteiger partial charge < -0.3 is 23.8 Å². The van der Waals surface area contributed by atoms with Crippen LogP contribution in [0.5, 0.6) is 5.88 Å². The minimum atomic E-state index is -0.711. The van der Waals surface area contributed by atoms with Crippen LogP contribution in [0.4, 0.5) is 0 Å². The average Bonchev–Trinajstić information content (AvgIpc) is 3.51. The summed E-state index contributed by atoms with van der Waals surface area (Å²) in [5.74, 6) is -0.283. The Morgan fingerprint density at radius 2 is 1.69 bits per heavy atom. The number of nitrogens with one attached hydrogen (secondary N) is 1. The van der Waals surface area contributed by atoms with Gasteiger partial charge in [-0.2, -0.15) is 0 Å². The Hall–Kier alpha value is -3.17. The number of H-pyrrole nitrogens is 1. The number of hydrogen-bond donors (Lipinski definition) is 1. The maximum Gasteiger partial charge on any atom is 0.311 e. The van der Waals surface area contributed by atoms with E-state index in [1.807, 2.05) is 55.4 Å². The first kappa shape index (κ1) is 43.0. The molecule has 0 unspecified atom stereocenters. The molecule has 1 aromatic heterocycles. The number of aromatic amines is 1. The minimum absolute atomic E-state index is 0.0568. The van der Waals surface area contributed by atoms with Gasteiger partial charge in [-0.25, -0.2) is 0 Å². The fourth-order valence-electron chi connectivity index (χ4n) is 8.50. The molecular weight excluding hydrogens is 691 g/mol. The zero-order valence-electron chi connectivity index (χ0n) is 35.9. The molecule has 1 aromatic carbocycles. The van der Waals surface area contributed by atoms with E-state index in [-0.39, 0.29) is 36.3 Å². The summed E-state index contributed by atoms with van der Waals surface area (Å²) in [6.07, 6.45) is 14.2. The Morgan fingerprint density at radius 1 is 1.00 bits per heavy atom. The number of benzene rings is 1. The minimum Gasteiger partial charge on any atom is -0.462 e. The third-order valence-corrected chi connectivity index (χ3v) is 12.3. The van der Waals surface area contributed by atoms with Gasteiger partial charge in [0, 0.05) is 42.6 Å². The van der Waals surface area contributed by atoms with E-state index in [0.717, 1.165) is 24.2 Å². The van der Waals surface area contributed by atoms with Crippen LogP contribution in [0.15, 0.2) is 24.3 Å². The van der Waals surface area contributed by atoms with Crippen LogP contribution in [-0.2, 0) is 30.2 Å². The molecule has 5 rings (SSSR count). The van der Waals surface area contributed by atoms with Gasteiger partial charge in [-0.3, -0.25) is 14.7 Å². The lowest BCUT2D eigenvalue weighted by atomic mass is 9.69. The Morgan fingerprint density at radius 3 is 2.35 bits per heavy atom. The standard InChI is InChI=1S/C46H71N3O6/c1-30(2)38-36(27-35-20-19-34(26-31(35)3)18-13-16-24-49-25-17-23-46(29-49)21-14-12-15-22-46)40(48-47-38)55-41-33(5)32(4)39(54-43(51)45(9,10)11)37(53-41)28-52-42(50)44(6,7)8/h13,18-20,26,30,32-33,37,39,41H,12,14-17,21-25,27-29H2,1-11H3,(H,47,48)/b18-13+/t32-,33-,37-,39+,41+/m1/s1. The second-order valence-corrected chi connectivity index (χ2v) is 19.4. The van der Waals surface area contributed by atoms with Gasteiger partial charge in [0.1, 0.15) is 18.8 Å². The van der Waals surface area contributed by atoms with Gasteiger partial charge in [0.05, 0.1) is 10.8 Å². The van der Waals surface area contributed by atoms with E-state index in [4.69, 9.17) is 18.9 Å². The lowest BCUT2D eigenvalue weighted by molar-refractivity contribution is -0.252. The average molecular weight is 762 g/mol. The Labute approximate surface area is 331 Å². The van der Waals surface area contributed by atoms with Gasteiger partial charge in [-0.15, -0.1) is 5.10 Å². The molecule has 0 bridgehead atoms. The Balaban J connectivity index is 1.27. The van der Waals surface area contributed by atoms with Crippen LogP contribution in [-0.4, -0.2) is 71.8 Å². The van der Waals surface area contributed by atoms with Crippen LogP contribution in [0.25, 0.3) is 6.08 Å². The van der Waals surface area contributed by atoms with Gasteiger partial charge in [-0.1, -0.05) is 77.3 Å². The summed E-state index contributed by atoms with van der Waals surface area (Å²) in [7, 11) is 0. The van der Waals surface area contributed by atoms with Crippen molar-refractivity contribution >= 4 is 18.0 Å². The number of carbonyl (C=O) groups is 2. The van der Waals surface area contributed by atoms with Crippen molar-refractivity contribution in [3.63, 3.8) is 0 Å². The third kappa shape index (κ3) is 11.0. The van der Waals surface area contributed by atoms with Crippen molar-refractivity contribution in [1.82, 2.24) is 15.1 Å². The molecule has 3 fully saturated rings. The maximum absolute atomic E-state index is 13.1. The second-order valence-electron chi connectivity index (χ2n) is 19.4. The van der Waals surface area contributed by atoms with Crippen molar-refractivity contribution in [2.45, 2.75) is 158 Å². The van der Waals surface area contributed by atoms with E-state index >= 15 is 0 Å². The van der Waals surface area contributed by atoms with E-state index in [0.29, 0.717) is 17.7 Å². The van der Waals surface area contributed by atoms with Gasteiger partial charge >= 0.3 is 11.9 Å². The van der Waals surface area contributed by atoms with E-state index in [1.54, 1.807) is 0 Å². The van der Waals surface area contributed by atoms with Crippen molar-refractivity contribution in [2.75, 3.05) is 26.2 Å². The van der Waals surface area contributed by atoms with E-state index < -0.39 is 29.3 Å². The summed E-state index contributed by atoms with van der Waals surface area (Å²) in [5.41, 5.74) is 4.89. The number of aryl methyl sites for hydroxylation is 1. The van der Waals surface area contributed by atoms with E-state index in [2.05, 4.69) is 66.2 Å². The number of nitrogens with zero attached hydrogens (tertiary/aromatic N) is 2. The van der Waals surface area contributed by atoms with E-state index in [1.165, 1.54) is 74.7 Å². The molecular formula is C46H71N3O6. The highest BCUT2D eigenvalue weighted by atomic mass is 16.7. The molecule has 1 aliphatic carbocycles. The molecule has 0 amide bonds. The van der Waals surface area contributed by atoms with Crippen molar-refractivity contribution in [3.05, 3.63) is 52.2 Å². The highest BCUT2D eigenvalue weighted by Gasteiger charge is 2.47. The molecule has 0 radical (unpaired) electrons. The lowest BCUT2D eigenvalue weighted by Crippen LogP contribution is -2.55. The second kappa shape index (κ2) is 18.0. The lowest BCUT2D eigenvalue weighted by Gasteiger charge is -2.45. The first-order chi connectivity index (χ1) is 25.9. The Kier molecular flexibility index (Phi) is 14.0. The zero-order valence-corrected chi connectivity index (χ0v) is 35.9. The fraction of sp³-hybridized carbons (Fsp3) is 0.717. The number of likely N-dealkylation sites (tertiary alicyclic amines) is 1. The van der Waals surface area contributed by atoms with Gasteiger partial charge in [-0.05, 0) is 115 Å². The number of carbonyl (C=O) groups excluding carboxylic acids is 2. The summed E-state index contributed by atoms with van der Waals surface area (Å²) in [6, 6.07) is 6.71. The summed E-state index contributed by atoms with van der Waals surface area (Å²) in [4.78, 5) is 28.6. The normalized spacial score (nSPS) is 25.1. The molecule has 1 N–H and O–H groups in total. The van der Waals surface area contributed by atoms with Gasteiger partial charge in [0.15, 0.2) is 0 Å². The first-order valence-corrected chi connectivity index (χ1v) is 21.1. The van der Waals surface area contributed by atoms with Crippen LogP contribution in [0.2, 0.25) is 0 Å². The molecule has 1 spiro atoms. The van der Waals surface area contributed by atoms with Crippen molar-refractivity contribution in [3.8, 4) is 5.88 Å². The highest BCUT2D eigenvalue weighted by Crippen LogP contribution is 2.43. The largest absolute Gasteiger partial charge is 0.462 e. The van der Waals surface area contributed by atoms with Crippen molar-refractivity contribution < 1.29 is 28.5 Å². The van der Waals surface area contributed by atoms with Crippen LogP contribution >= 0.6 is 0 Å². The molecule has 9 nitrogen and oxygen atoms in total. The smallest absolute Gasteiger partial charge is 0.311 e. The molecule has 2 aromatic rings. The number of aromatic nitrogens is 2. The number of esters is 2. The number of piperidine rings is 1. The van der Waals surface area contributed by atoms with Crippen LogP contribution < -0.4 is 4.74 Å². The number of rotatable bonds is 12. The van der Waals surface area contributed by atoms with Gasteiger partial charge in [0.25, 0.3) is 0 Å². The molecule has 5 atom stereocenters.